The second-order valence-electron chi connectivity index (χ2n) is 6.70. The molecule has 0 bridgehead atoms. The van der Waals surface area contributed by atoms with Crippen LogP contribution in [0.1, 0.15) is 12.5 Å². The van der Waals surface area contributed by atoms with Crippen molar-refractivity contribution in [3.63, 3.8) is 0 Å². The fraction of sp³-hybridized carbons (Fsp3) is 0.0909. The van der Waals surface area contributed by atoms with Gasteiger partial charge < -0.3 is 5.32 Å². The number of rotatable bonds is 5. The van der Waals surface area contributed by atoms with E-state index in [0.717, 1.165) is 10.2 Å². The monoisotopic (exact) mass is 454 g/mol. The first kappa shape index (κ1) is 20.9. The van der Waals surface area contributed by atoms with E-state index in [2.05, 4.69) is 15.3 Å². The first-order valence-corrected chi connectivity index (χ1v) is 10.5. The van der Waals surface area contributed by atoms with Crippen molar-refractivity contribution >= 4 is 62.2 Å². The Bertz CT molecular complexity index is 1290. The van der Waals surface area contributed by atoms with Crippen molar-refractivity contribution < 1.29 is 14.0 Å². The highest BCUT2D eigenvalue weighted by Gasteiger charge is 2.18. The minimum Gasteiger partial charge on any atom is -0.326 e. The van der Waals surface area contributed by atoms with Crippen LogP contribution in [0.25, 0.3) is 10.2 Å². The second kappa shape index (κ2) is 8.79. The average Bonchev–Trinajstić information content (AvgIpc) is 3.19. The molecule has 0 fully saturated rings. The number of fused-ring (bicyclic) bond motifs is 1. The number of pyridine rings is 1. The van der Waals surface area contributed by atoms with Crippen LogP contribution in [0.4, 0.5) is 21.6 Å². The Morgan fingerprint density at radius 1 is 1.16 bits per heavy atom. The van der Waals surface area contributed by atoms with Crippen LogP contribution in [0.3, 0.4) is 0 Å². The summed E-state index contributed by atoms with van der Waals surface area (Å²) in [5, 5.41) is 2.67. The van der Waals surface area contributed by atoms with Crippen LogP contribution in [0, 0.1) is 5.82 Å². The topological polar surface area (TPSA) is 75.2 Å². The third kappa shape index (κ3) is 4.55. The summed E-state index contributed by atoms with van der Waals surface area (Å²) >= 11 is 7.41. The van der Waals surface area contributed by atoms with Gasteiger partial charge in [-0.1, -0.05) is 23.7 Å². The van der Waals surface area contributed by atoms with Gasteiger partial charge in [0.2, 0.25) is 11.8 Å². The Morgan fingerprint density at radius 2 is 2.00 bits per heavy atom. The molecule has 1 N–H and O–H groups in total. The van der Waals surface area contributed by atoms with E-state index >= 15 is 0 Å². The predicted molar refractivity (Wildman–Crippen MR) is 120 cm³/mol. The van der Waals surface area contributed by atoms with Gasteiger partial charge in [0.05, 0.1) is 32.9 Å². The van der Waals surface area contributed by atoms with E-state index in [1.807, 2.05) is 12.1 Å². The van der Waals surface area contributed by atoms with Crippen LogP contribution in [-0.2, 0) is 16.0 Å². The van der Waals surface area contributed by atoms with Gasteiger partial charge in [0.25, 0.3) is 0 Å². The number of benzene rings is 2. The summed E-state index contributed by atoms with van der Waals surface area (Å²) in [4.78, 5) is 34.8. The summed E-state index contributed by atoms with van der Waals surface area (Å²) in [7, 11) is 0. The number of thiazole rings is 1. The normalized spacial score (nSPS) is 10.8. The number of hydrogen-bond donors (Lipinski definition) is 1. The Hall–Kier alpha value is -3.36. The Morgan fingerprint density at radius 3 is 2.81 bits per heavy atom. The summed E-state index contributed by atoms with van der Waals surface area (Å²) < 4.78 is 14.5. The summed E-state index contributed by atoms with van der Waals surface area (Å²) in [5.74, 6) is -0.817. The van der Waals surface area contributed by atoms with Gasteiger partial charge in [-0.2, -0.15) is 0 Å². The number of nitrogens with one attached hydrogen (secondary N) is 1. The molecule has 0 atom stereocenters. The van der Waals surface area contributed by atoms with Crippen molar-refractivity contribution in [1.82, 2.24) is 9.97 Å². The predicted octanol–water partition coefficient (Wildman–Crippen LogP) is 5.35. The van der Waals surface area contributed by atoms with E-state index in [9.17, 15) is 14.0 Å². The standard InChI is InChI=1S/C22H16ClFN4O2S/c1-13(29)28(16-5-6-18-19(11-16)31-12-26-18)20-10-15(7-8-25-20)27-21(30)9-14-3-2-4-17(24)22(14)23/h2-8,10-12H,9H2,1H3,(H,25,27,30). The summed E-state index contributed by atoms with van der Waals surface area (Å²) in [6.07, 6.45) is 1.41. The molecule has 4 rings (SSSR count). The molecule has 4 aromatic rings. The van der Waals surface area contributed by atoms with Gasteiger partial charge in [-0.25, -0.2) is 14.4 Å². The van der Waals surface area contributed by atoms with Crippen molar-refractivity contribution in [1.29, 1.82) is 0 Å². The van der Waals surface area contributed by atoms with Gasteiger partial charge in [0.1, 0.15) is 11.6 Å². The molecule has 0 spiro atoms. The molecular weight excluding hydrogens is 439 g/mol. The lowest BCUT2D eigenvalue weighted by Gasteiger charge is -2.21. The SMILES string of the molecule is CC(=O)N(c1ccc2ncsc2c1)c1cc(NC(=O)Cc2cccc(F)c2Cl)ccn1. The molecule has 156 valence electrons. The first-order chi connectivity index (χ1) is 14.9. The highest BCUT2D eigenvalue weighted by molar-refractivity contribution is 7.16. The number of carbonyl (C=O) groups excluding carboxylic acids is 2. The molecule has 0 aliphatic rings. The third-order valence-electron chi connectivity index (χ3n) is 4.53. The molecule has 2 heterocycles. The molecule has 0 unspecified atom stereocenters. The summed E-state index contributed by atoms with van der Waals surface area (Å²) in [5.41, 5.74) is 4.07. The number of aromatic nitrogens is 2. The zero-order valence-corrected chi connectivity index (χ0v) is 17.9. The van der Waals surface area contributed by atoms with E-state index < -0.39 is 5.82 Å². The lowest BCUT2D eigenvalue weighted by Crippen LogP contribution is -2.24. The summed E-state index contributed by atoms with van der Waals surface area (Å²) in [6.45, 7) is 1.44. The zero-order valence-electron chi connectivity index (χ0n) is 16.3. The molecule has 0 aliphatic carbocycles. The highest BCUT2D eigenvalue weighted by Crippen LogP contribution is 2.30. The maximum atomic E-state index is 13.6. The lowest BCUT2D eigenvalue weighted by molar-refractivity contribution is -0.116. The number of halogens is 2. The van der Waals surface area contributed by atoms with Crippen molar-refractivity contribution in [2.45, 2.75) is 13.3 Å². The number of hydrogen-bond acceptors (Lipinski definition) is 5. The van der Waals surface area contributed by atoms with Crippen LogP contribution in [0.5, 0.6) is 0 Å². The maximum Gasteiger partial charge on any atom is 0.229 e. The Kier molecular flexibility index (Phi) is 5.92. The molecule has 2 aromatic heterocycles. The first-order valence-electron chi connectivity index (χ1n) is 9.25. The molecular formula is C22H16ClFN4O2S. The lowest BCUT2D eigenvalue weighted by atomic mass is 10.1. The van der Waals surface area contributed by atoms with Gasteiger partial charge in [-0.05, 0) is 35.9 Å². The average molecular weight is 455 g/mol. The van der Waals surface area contributed by atoms with E-state index in [1.54, 1.807) is 29.8 Å². The maximum absolute atomic E-state index is 13.6. The smallest absolute Gasteiger partial charge is 0.229 e. The molecule has 2 aromatic carbocycles. The summed E-state index contributed by atoms with van der Waals surface area (Å²) in [6, 6.07) is 13.0. The molecule has 6 nitrogen and oxygen atoms in total. The van der Waals surface area contributed by atoms with Gasteiger partial charge in [0.15, 0.2) is 0 Å². The fourth-order valence-electron chi connectivity index (χ4n) is 3.14. The Labute approximate surface area is 186 Å². The third-order valence-corrected chi connectivity index (χ3v) is 5.74. The van der Waals surface area contributed by atoms with Crippen LogP contribution < -0.4 is 10.2 Å². The molecule has 0 radical (unpaired) electrons. The second-order valence-corrected chi connectivity index (χ2v) is 7.96. The number of carbonyl (C=O) groups is 2. The molecule has 0 saturated heterocycles. The van der Waals surface area contributed by atoms with Crippen LogP contribution in [-0.4, -0.2) is 21.8 Å². The van der Waals surface area contributed by atoms with Gasteiger partial charge in [-0.15, -0.1) is 11.3 Å². The van der Waals surface area contributed by atoms with Crippen LogP contribution >= 0.6 is 22.9 Å². The van der Waals surface area contributed by atoms with Gasteiger partial charge in [0, 0.05) is 24.9 Å². The van der Waals surface area contributed by atoms with Crippen molar-refractivity contribution in [3.05, 3.63) is 76.6 Å². The van der Waals surface area contributed by atoms with Crippen LogP contribution in [0.15, 0.2) is 60.2 Å². The molecule has 0 aliphatic heterocycles. The van der Waals surface area contributed by atoms with E-state index in [-0.39, 0.29) is 23.3 Å². The Balaban J connectivity index is 1.57. The van der Waals surface area contributed by atoms with Crippen molar-refractivity contribution in [2.24, 2.45) is 0 Å². The molecule has 31 heavy (non-hydrogen) atoms. The molecule has 0 saturated carbocycles. The van der Waals surface area contributed by atoms with Crippen molar-refractivity contribution in [3.8, 4) is 0 Å². The minimum absolute atomic E-state index is 0.0747. The van der Waals surface area contributed by atoms with E-state index in [0.29, 0.717) is 22.8 Å². The number of amides is 2. The number of nitrogens with zero attached hydrogens (tertiary/aromatic N) is 3. The van der Waals surface area contributed by atoms with Crippen molar-refractivity contribution in [2.75, 3.05) is 10.2 Å². The van der Waals surface area contributed by atoms with E-state index in [4.69, 9.17) is 11.6 Å². The molecule has 2 amide bonds. The van der Waals surface area contributed by atoms with Crippen LogP contribution in [0.2, 0.25) is 5.02 Å². The van der Waals surface area contributed by atoms with Gasteiger partial charge in [-0.3, -0.25) is 14.5 Å². The minimum atomic E-state index is -0.576. The number of anilines is 3. The largest absolute Gasteiger partial charge is 0.326 e. The van der Waals surface area contributed by atoms with Gasteiger partial charge >= 0.3 is 0 Å². The zero-order chi connectivity index (χ0) is 22.0. The quantitative estimate of drug-likeness (QED) is 0.441. The highest BCUT2D eigenvalue weighted by atomic mass is 35.5. The van der Waals surface area contributed by atoms with E-state index in [1.165, 1.54) is 41.5 Å². The molecule has 9 heteroatoms. The fourth-order valence-corrected chi connectivity index (χ4v) is 4.04.